The van der Waals surface area contributed by atoms with Crippen LogP contribution in [0.25, 0.3) is 0 Å². The maximum absolute atomic E-state index is 13.4. The topological polar surface area (TPSA) is 97.7 Å². The Balaban J connectivity index is 2.74. The molecule has 0 aliphatic heterocycles. The first kappa shape index (κ1) is 28.3. The zero-order chi connectivity index (χ0) is 26.4. The van der Waals surface area contributed by atoms with E-state index >= 15 is 0 Å². The lowest BCUT2D eigenvalue weighted by molar-refractivity contribution is 0.476. The summed E-state index contributed by atoms with van der Waals surface area (Å²) in [6, 6.07) is 8.05. The number of hydrogen-bond acceptors (Lipinski definition) is 5. The van der Waals surface area contributed by atoms with E-state index in [-0.39, 0.29) is 38.2 Å². The lowest BCUT2D eigenvalue weighted by Crippen LogP contribution is -2.19. The molecule has 190 valence electrons. The van der Waals surface area contributed by atoms with Crippen molar-refractivity contribution in [3.05, 3.63) is 52.6 Å². The van der Waals surface area contributed by atoms with Gasteiger partial charge in [0.2, 0.25) is 0 Å². The first-order chi connectivity index (χ1) is 15.1. The van der Waals surface area contributed by atoms with Gasteiger partial charge >= 0.3 is 10.1 Å². The highest BCUT2D eigenvalue weighted by Crippen LogP contribution is 2.37. The lowest BCUT2D eigenvalue weighted by Gasteiger charge is -2.26. The summed E-state index contributed by atoms with van der Waals surface area (Å²) in [5.41, 5.74) is 1.79. The van der Waals surface area contributed by atoms with Gasteiger partial charge in [-0.25, -0.2) is 0 Å². The van der Waals surface area contributed by atoms with Crippen LogP contribution in [0.15, 0.2) is 40.1 Å². The highest BCUT2D eigenvalue weighted by atomic mass is 32.2. The molecule has 0 heterocycles. The summed E-state index contributed by atoms with van der Waals surface area (Å²) >= 11 is 0. The Morgan fingerprint density at radius 2 is 1.09 bits per heavy atom. The van der Waals surface area contributed by atoms with E-state index in [4.69, 9.17) is 4.18 Å². The van der Waals surface area contributed by atoms with Gasteiger partial charge in [-0.15, -0.1) is 0 Å². The Morgan fingerprint density at radius 1 is 0.706 bits per heavy atom. The molecule has 0 aliphatic carbocycles. The molecule has 0 amide bonds. The van der Waals surface area contributed by atoms with Crippen molar-refractivity contribution in [2.45, 2.75) is 102 Å². The molecule has 0 atom stereocenters. The third kappa shape index (κ3) is 6.40. The molecule has 0 aliphatic rings. The van der Waals surface area contributed by atoms with Gasteiger partial charge in [0.15, 0.2) is 0 Å². The van der Waals surface area contributed by atoms with Crippen molar-refractivity contribution in [1.82, 2.24) is 0 Å². The van der Waals surface area contributed by atoms with Gasteiger partial charge in [0.05, 0.1) is 0 Å². The fourth-order valence-corrected chi connectivity index (χ4v) is 5.81. The van der Waals surface area contributed by atoms with Gasteiger partial charge in [-0.05, 0) is 69.2 Å². The smallest absolute Gasteiger partial charge is 0.339 e. The lowest BCUT2D eigenvalue weighted by atomic mass is 9.81. The molecule has 8 heteroatoms. The van der Waals surface area contributed by atoms with E-state index < -0.39 is 20.2 Å². The second kappa shape index (κ2) is 9.28. The highest BCUT2D eigenvalue weighted by molar-refractivity contribution is 7.87. The molecule has 0 aromatic heterocycles. The second-order valence-corrected chi connectivity index (χ2v) is 14.4. The van der Waals surface area contributed by atoms with Crippen LogP contribution in [0.3, 0.4) is 0 Å². The van der Waals surface area contributed by atoms with Crippen LogP contribution < -0.4 is 4.18 Å². The van der Waals surface area contributed by atoms with Crippen LogP contribution in [-0.4, -0.2) is 21.4 Å². The zero-order valence-electron chi connectivity index (χ0n) is 21.8. The van der Waals surface area contributed by atoms with Crippen LogP contribution in [0.2, 0.25) is 0 Å². The standard InChI is InChI=1S/C26H38O6S2/c1-16(2)22-14-20(15-23(17(3)4)24(22)33(27,28)29)32-34(30,31)21-12-18(25(5,6)7)11-19(13-21)26(8,9)10/h11-17H,1-10H3,(H,27,28,29). The number of hydrogen-bond donors (Lipinski definition) is 1. The molecule has 0 spiro atoms. The van der Waals surface area contributed by atoms with Gasteiger partial charge in [-0.3, -0.25) is 4.55 Å². The van der Waals surface area contributed by atoms with E-state index in [1.165, 1.54) is 12.1 Å². The van der Waals surface area contributed by atoms with E-state index in [0.717, 1.165) is 11.1 Å². The van der Waals surface area contributed by atoms with Crippen LogP contribution in [-0.2, 0) is 31.1 Å². The molecule has 34 heavy (non-hydrogen) atoms. The maximum Gasteiger partial charge on any atom is 0.339 e. The van der Waals surface area contributed by atoms with Crippen molar-refractivity contribution in [3.8, 4) is 5.75 Å². The van der Waals surface area contributed by atoms with Gasteiger partial charge in [0, 0.05) is 0 Å². The molecule has 1 N–H and O–H groups in total. The zero-order valence-corrected chi connectivity index (χ0v) is 23.5. The number of rotatable bonds is 6. The van der Waals surface area contributed by atoms with E-state index in [9.17, 15) is 21.4 Å². The van der Waals surface area contributed by atoms with Gasteiger partial charge < -0.3 is 4.18 Å². The molecule has 0 unspecified atom stereocenters. The van der Waals surface area contributed by atoms with Gasteiger partial charge in [0.25, 0.3) is 10.1 Å². The summed E-state index contributed by atoms with van der Waals surface area (Å²) in [5.74, 6) is -0.576. The van der Waals surface area contributed by atoms with Gasteiger partial charge in [-0.1, -0.05) is 75.3 Å². The van der Waals surface area contributed by atoms with E-state index in [1.54, 1.807) is 39.8 Å². The summed E-state index contributed by atoms with van der Waals surface area (Å²) in [6.45, 7) is 19.2. The summed E-state index contributed by atoms with van der Waals surface area (Å²) in [5, 5.41) is 0. The first-order valence-electron chi connectivity index (χ1n) is 11.4. The third-order valence-electron chi connectivity index (χ3n) is 5.76. The largest absolute Gasteiger partial charge is 0.379 e. The molecule has 0 radical (unpaired) electrons. The summed E-state index contributed by atoms with van der Waals surface area (Å²) < 4.78 is 66.6. The van der Waals surface area contributed by atoms with Crippen LogP contribution in [0.1, 0.15) is 103 Å². The second-order valence-electron chi connectivity index (χ2n) is 11.5. The van der Waals surface area contributed by atoms with Crippen molar-refractivity contribution in [3.63, 3.8) is 0 Å². The summed E-state index contributed by atoms with van der Waals surface area (Å²) in [6.07, 6.45) is 0. The Morgan fingerprint density at radius 3 is 1.38 bits per heavy atom. The molecule has 0 saturated heterocycles. The average Bonchev–Trinajstić information content (AvgIpc) is 2.64. The minimum Gasteiger partial charge on any atom is -0.379 e. The molecule has 2 aromatic rings. The highest BCUT2D eigenvalue weighted by Gasteiger charge is 2.29. The predicted molar refractivity (Wildman–Crippen MR) is 136 cm³/mol. The Labute approximate surface area is 205 Å². The Kier molecular flexibility index (Phi) is 7.74. The molecular weight excluding hydrogens is 472 g/mol. The van der Waals surface area contributed by atoms with Gasteiger partial charge in [-0.2, -0.15) is 16.8 Å². The Hall–Kier alpha value is -1.90. The molecule has 2 aromatic carbocycles. The summed E-state index contributed by atoms with van der Waals surface area (Å²) in [4.78, 5) is -0.145. The molecular formula is C26H38O6S2. The average molecular weight is 511 g/mol. The van der Waals surface area contributed by atoms with Crippen LogP contribution in [0.4, 0.5) is 0 Å². The fourth-order valence-electron chi connectivity index (χ4n) is 3.63. The van der Waals surface area contributed by atoms with Gasteiger partial charge in [0.1, 0.15) is 15.5 Å². The third-order valence-corrected chi connectivity index (χ3v) is 7.97. The maximum atomic E-state index is 13.4. The quantitative estimate of drug-likeness (QED) is 0.350. The minimum absolute atomic E-state index is 0.0123. The van der Waals surface area contributed by atoms with Crippen LogP contribution >= 0.6 is 0 Å². The first-order valence-corrected chi connectivity index (χ1v) is 14.3. The normalized spacial score (nSPS) is 13.6. The van der Waals surface area contributed by atoms with Crippen molar-refractivity contribution < 1.29 is 25.6 Å². The van der Waals surface area contributed by atoms with Crippen LogP contribution in [0.5, 0.6) is 5.75 Å². The predicted octanol–water partition coefficient (Wildman–Crippen LogP) is 6.54. The SMILES string of the molecule is CC(C)c1cc(OS(=O)(=O)c2cc(C(C)(C)C)cc(C(C)(C)C)c2)cc(C(C)C)c1S(=O)(=O)O. The molecule has 6 nitrogen and oxygen atoms in total. The monoisotopic (exact) mass is 510 g/mol. The van der Waals surface area contributed by atoms with E-state index in [2.05, 4.69) is 0 Å². The van der Waals surface area contributed by atoms with Crippen LogP contribution in [0, 0.1) is 0 Å². The van der Waals surface area contributed by atoms with E-state index in [1.807, 2.05) is 47.6 Å². The molecule has 0 saturated carbocycles. The van der Waals surface area contributed by atoms with Crippen molar-refractivity contribution in [2.24, 2.45) is 0 Å². The molecule has 0 fully saturated rings. The molecule has 2 rings (SSSR count). The Bertz CT molecular complexity index is 1210. The van der Waals surface area contributed by atoms with Crippen molar-refractivity contribution in [2.75, 3.05) is 0 Å². The van der Waals surface area contributed by atoms with Crippen molar-refractivity contribution in [1.29, 1.82) is 0 Å². The molecule has 0 bridgehead atoms. The minimum atomic E-state index is -4.52. The summed E-state index contributed by atoms with van der Waals surface area (Å²) in [7, 11) is -8.74. The number of benzene rings is 2. The fraction of sp³-hybridized carbons (Fsp3) is 0.538. The van der Waals surface area contributed by atoms with E-state index in [0.29, 0.717) is 11.1 Å². The van der Waals surface area contributed by atoms with Crippen molar-refractivity contribution >= 4 is 20.2 Å².